The Morgan fingerprint density at radius 2 is 2.00 bits per heavy atom. The maximum Gasteiger partial charge on any atom is 0.306 e. The Bertz CT molecular complexity index is 453. The van der Waals surface area contributed by atoms with Gasteiger partial charge in [0.2, 0.25) is 0 Å². The quantitative estimate of drug-likeness (QED) is 0.634. The number of carbonyl (C=O) groups is 1. The first kappa shape index (κ1) is 17.9. The van der Waals surface area contributed by atoms with Gasteiger partial charge in [0, 0.05) is 26.7 Å². The van der Waals surface area contributed by atoms with Gasteiger partial charge in [-0.05, 0) is 33.6 Å². The van der Waals surface area contributed by atoms with Gasteiger partial charge in [-0.3, -0.25) is 9.69 Å². The van der Waals surface area contributed by atoms with E-state index in [4.69, 9.17) is 9.47 Å². The number of hydrogen-bond donors (Lipinski definition) is 0. The van der Waals surface area contributed by atoms with Gasteiger partial charge in [0.15, 0.2) is 0 Å². The zero-order valence-electron chi connectivity index (χ0n) is 12.7. The Labute approximate surface area is 134 Å². The molecule has 6 heteroatoms. The highest BCUT2D eigenvalue weighted by Gasteiger charge is 2.10. The Morgan fingerprint density at radius 1 is 1.24 bits per heavy atom. The third kappa shape index (κ3) is 6.46. The minimum Gasteiger partial charge on any atom is -0.496 e. The van der Waals surface area contributed by atoms with Crippen LogP contribution in [0.5, 0.6) is 5.75 Å². The lowest BCUT2D eigenvalue weighted by molar-refractivity contribution is -0.141. The van der Waals surface area contributed by atoms with Crippen molar-refractivity contribution >= 4 is 21.9 Å². The average molecular weight is 360 g/mol. The van der Waals surface area contributed by atoms with Gasteiger partial charge < -0.3 is 14.2 Å². The van der Waals surface area contributed by atoms with Crippen molar-refractivity contribution in [3.05, 3.63) is 28.2 Å². The zero-order chi connectivity index (χ0) is 15.7. The molecular formula is C15H22BrNO4. The molecule has 21 heavy (non-hydrogen) atoms. The van der Waals surface area contributed by atoms with Crippen LogP contribution in [-0.2, 0) is 20.8 Å². The Balaban J connectivity index is 2.66. The number of esters is 1. The Kier molecular flexibility index (Phi) is 8.34. The molecule has 0 radical (unpaired) electrons. The molecule has 0 heterocycles. The van der Waals surface area contributed by atoms with Crippen molar-refractivity contribution in [2.24, 2.45) is 0 Å². The van der Waals surface area contributed by atoms with Crippen LogP contribution < -0.4 is 4.74 Å². The summed E-state index contributed by atoms with van der Waals surface area (Å²) in [5, 5.41) is 0. The molecule has 0 bridgehead atoms. The van der Waals surface area contributed by atoms with Gasteiger partial charge in [-0.25, -0.2) is 0 Å². The standard InChI is InChI=1S/C15H22BrNO4/c1-19-9-8-17(7-6-15(18)21-3)11-12-4-5-14(20-2)13(16)10-12/h4-5,10H,6-9,11H2,1-3H3. The molecule has 0 atom stereocenters. The lowest BCUT2D eigenvalue weighted by Crippen LogP contribution is -2.29. The van der Waals surface area contributed by atoms with E-state index in [2.05, 4.69) is 25.6 Å². The van der Waals surface area contributed by atoms with Crippen molar-refractivity contribution in [3.63, 3.8) is 0 Å². The molecule has 0 aromatic heterocycles. The molecule has 0 unspecified atom stereocenters. The van der Waals surface area contributed by atoms with E-state index in [9.17, 15) is 4.79 Å². The van der Waals surface area contributed by atoms with E-state index in [1.165, 1.54) is 7.11 Å². The lowest BCUT2D eigenvalue weighted by atomic mass is 10.2. The summed E-state index contributed by atoms with van der Waals surface area (Å²) in [7, 11) is 4.71. The van der Waals surface area contributed by atoms with Crippen LogP contribution >= 0.6 is 15.9 Å². The Hall–Kier alpha value is -1.11. The molecule has 0 aliphatic heterocycles. The van der Waals surface area contributed by atoms with Gasteiger partial charge in [0.1, 0.15) is 5.75 Å². The number of hydrogen-bond acceptors (Lipinski definition) is 5. The van der Waals surface area contributed by atoms with Gasteiger partial charge in [0.25, 0.3) is 0 Å². The van der Waals surface area contributed by atoms with E-state index in [-0.39, 0.29) is 5.97 Å². The number of carbonyl (C=O) groups excluding carboxylic acids is 1. The molecule has 0 fully saturated rings. The van der Waals surface area contributed by atoms with Crippen LogP contribution in [-0.4, -0.2) is 51.9 Å². The molecule has 0 aliphatic rings. The third-order valence-corrected chi connectivity index (χ3v) is 3.71. The maximum atomic E-state index is 11.3. The molecule has 0 N–H and O–H groups in total. The van der Waals surface area contributed by atoms with E-state index in [1.54, 1.807) is 14.2 Å². The predicted octanol–water partition coefficient (Wildman–Crippen LogP) is 2.47. The predicted molar refractivity (Wildman–Crippen MR) is 84.5 cm³/mol. The van der Waals surface area contributed by atoms with E-state index in [0.717, 1.165) is 28.9 Å². The minimum absolute atomic E-state index is 0.201. The van der Waals surface area contributed by atoms with Gasteiger partial charge >= 0.3 is 5.97 Å². The Morgan fingerprint density at radius 3 is 2.57 bits per heavy atom. The number of ether oxygens (including phenoxy) is 3. The monoisotopic (exact) mass is 359 g/mol. The van der Waals surface area contributed by atoms with E-state index < -0.39 is 0 Å². The molecule has 1 aromatic carbocycles. The molecule has 118 valence electrons. The van der Waals surface area contributed by atoms with E-state index >= 15 is 0 Å². The van der Waals surface area contributed by atoms with Crippen LogP contribution in [0.3, 0.4) is 0 Å². The number of nitrogens with zero attached hydrogens (tertiary/aromatic N) is 1. The number of rotatable bonds is 9. The minimum atomic E-state index is -0.201. The van der Waals surface area contributed by atoms with Crippen molar-refractivity contribution in [2.45, 2.75) is 13.0 Å². The fraction of sp³-hybridized carbons (Fsp3) is 0.533. The van der Waals surface area contributed by atoms with Gasteiger partial charge in [-0.15, -0.1) is 0 Å². The fourth-order valence-electron chi connectivity index (χ4n) is 1.91. The first-order valence-corrected chi connectivity index (χ1v) is 7.50. The number of methoxy groups -OCH3 is 3. The second-order valence-electron chi connectivity index (χ2n) is 4.56. The van der Waals surface area contributed by atoms with Crippen molar-refractivity contribution in [1.29, 1.82) is 0 Å². The largest absolute Gasteiger partial charge is 0.496 e. The molecule has 0 amide bonds. The maximum absolute atomic E-state index is 11.3. The van der Waals surface area contributed by atoms with Crippen LogP contribution in [0.1, 0.15) is 12.0 Å². The van der Waals surface area contributed by atoms with Crippen molar-refractivity contribution in [1.82, 2.24) is 4.90 Å². The van der Waals surface area contributed by atoms with Crippen LogP contribution in [0.15, 0.2) is 22.7 Å². The van der Waals surface area contributed by atoms with E-state index in [0.29, 0.717) is 19.6 Å². The SMILES string of the molecule is COCCN(CCC(=O)OC)Cc1ccc(OC)c(Br)c1. The summed E-state index contributed by atoms with van der Waals surface area (Å²) in [6, 6.07) is 5.96. The summed E-state index contributed by atoms with van der Waals surface area (Å²) in [5.74, 6) is 0.602. The molecule has 1 rings (SSSR count). The van der Waals surface area contributed by atoms with Crippen LogP contribution in [0.25, 0.3) is 0 Å². The molecule has 0 saturated carbocycles. The summed E-state index contributed by atoms with van der Waals surface area (Å²) in [5.41, 5.74) is 1.14. The summed E-state index contributed by atoms with van der Waals surface area (Å²) < 4.78 is 15.9. The fourth-order valence-corrected chi connectivity index (χ4v) is 2.50. The van der Waals surface area contributed by atoms with Gasteiger partial charge in [0.05, 0.1) is 31.7 Å². The highest BCUT2D eigenvalue weighted by atomic mass is 79.9. The van der Waals surface area contributed by atoms with Gasteiger partial charge in [-0.2, -0.15) is 0 Å². The smallest absolute Gasteiger partial charge is 0.306 e. The average Bonchev–Trinajstić information content (AvgIpc) is 2.49. The lowest BCUT2D eigenvalue weighted by Gasteiger charge is -2.21. The van der Waals surface area contributed by atoms with E-state index in [1.807, 2.05) is 18.2 Å². The summed E-state index contributed by atoms with van der Waals surface area (Å²) in [4.78, 5) is 13.4. The second kappa shape index (κ2) is 9.76. The van der Waals surface area contributed by atoms with Crippen molar-refractivity contribution in [2.75, 3.05) is 41.0 Å². The number of benzene rings is 1. The first-order chi connectivity index (χ1) is 10.1. The molecule has 0 spiro atoms. The normalized spacial score (nSPS) is 10.7. The van der Waals surface area contributed by atoms with Gasteiger partial charge in [-0.1, -0.05) is 6.07 Å². The van der Waals surface area contributed by atoms with Crippen molar-refractivity contribution in [3.8, 4) is 5.75 Å². The van der Waals surface area contributed by atoms with Crippen LogP contribution in [0, 0.1) is 0 Å². The van der Waals surface area contributed by atoms with Crippen LogP contribution in [0.4, 0.5) is 0 Å². The molecule has 0 aliphatic carbocycles. The molecule has 0 saturated heterocycles. The molecule has 5 nitrogen and oxygen atoms in total. The third-order valence-electron chi connectivity index (χ3n) is 3.09. The summed E-state index contributed by atoms with van der Waals surface area (Å²) in [6.45, 7) is 2.76. The molecular weight excluding hydrogens is 338 g/mol. The highest BCUT2D eigenvalue weighted by Crippen LogP contribution is 2.26. The first-order valence-electron chi connectivity index (χ1n) is 6.71. The highest BCUT2D eigenvalue weighted by molar-refractivity contribution is 9.10. The second-order valence-corrected chi connectivity index (χ2v) is 5.42. The van der Waals surface area contributed by atoms with Crippen LogP contribution in [0.2, 0.25) is 0 Å². The topological polar surface area (TPSA) is 48.0 Å². The number of halogens is 1. The zero-order valence-corrected chi connectivity index (χ0v) is 14.3. The molecule has 1 aromatic rings. The summed E-state index contributed by atoms with van der Waals surface area (Å²) in [6.07, 6.45) is 0.373. The summed E-state index contributed by atoms with van der Waals surface area (Å²) >= 11 is 3.48. The van der Waals surface area contributed by atoms with Crippen molar-refractivity contribution < 1.29 is 19.0 Å².